The third-order valence-corrected chi connectivity index (χ3v) is 4.50. The lowest BCUT2D eigenvalue weighted by atomic mass is 9.77. The van der Waals surface area contributed by atoms with Crippen molar-refractivity contribution in [2.75, 3.05) is 0 Å². The molecule has 1 saturated carbocycles. The quantitative estimate of drug-likeness (QED) is 0.805. The van der Waals surface area contributed by atoms with Crippen LogP contribution in [0.1, 0.15) is 68.9 Å². The number of nitrogens with two attached hydrogens (primary N) is 1. The van der Waals surface area contributed by atoms with Gasteiger partial charge in [0, 0.05) is 6.54 Å². The van der Waals surface area contributed by atoms with E-state index < -0.39 is 0 Å². The summed E-state index contributed by atoms with van der Waals surface area (Å²) in [6.45, 7) is 2.95. The molecule has 1 fully saturated rings. The molecule has 0 spiro atoms. The molecule has 1 nitrogen and oxygen atoms in total. The number of rotatable bonds is 5. The molecule has 1 heteroatoms. The highest BCUT2D eigenvalue weighted by atomic mass is 14.5. The van der Waals surface area contributed by atoms with Crippen molar-refractivity contribution in [3.8, 4) is 0 Å². The van der Waals surface area contributed by atoms with Crippen LogP contribution in [0.25, 0.3) is 0 Å². The van der Waals surface area contributed by atoms with E-state index in [4.69, 9.17) is 5.73 Å². The molecular formula is C17H27N. The van der Waals surface area contributed by atoms with E-state index >= 15 is 0 Å². The lowest BCUT2D eigenvalue weighted by Crippen LogP contribution is -2.13. The molecule has 1 aromatic rings. The van der Waals surface area contributed by atoms with Gasteiger partial charge in [-0.2, -0.15) is 0 Å². The topological polar surface area (TPSA) is 26.0 Å². The van der Waals surface area contributed by atoms with Gasteiger partial charge in [-0.1, -0.05) is 50.5 Å². The maximum absolute atomic E-state index is 5.64. The SMILES string of the molecule is CCCCC1CCC(c2ccc(CN)cc2)CC1. The van der Waals surface area contributed by atoms with Gasteiger partial charge < -0.3 is 5.73 Å². The highest BCUT2D eigenvalue weighted by Crippen LogP contribution is 2.37. The summed E-state index contributed by atoms with van der Waals surface area (Å²) in [5, 5.41) is 0. The summed E-state index contributed by atoms with van der Waals surface area (Å²) in [6, 6.07) is 8.97. The van der Waals surface area contributed by atoms with Crippen molar-refractivity contribution in [2.45, 2.75) is 64.3 Å². The molecule has 0 unspecified atom stereocenters. The second-order valence-electron chi connectivity index (χ2n) is 5.81. The van der Waals surface area contributed by atoms with E-state index in [9.17, 15) is 0 Å². The highest BCUT2D eigenvalue weighted by molar-refractivity contribution is 5.25. The van der Waals surface area contributed by atoms with Gasteiger partial charge in [0.2, 0.25) is 0 Å². The molecule has 100 valence electrons. The first-order chi connectivity index (χ1) is 8.83. The molecule has 0 bridgehead atoms. The molecule has 0 aromatic heterocycles. The summed E-state index contributed by atoms with van der Waals surface area (Å²) >= 11 is 0. The summed E-state index contributed by atoms with van der Waals surface area (Å²) in [5.74, 6) is 1.80. The molecule has 2 rings (SSSR count). The summed E-state index contributed by atoms with van der Waals surface area (Å²) < 4.78 is 0. The van der Waals surface area contributed by atoms with E-state index in [2.05, 4.69) is 31.2 Å². The highest BCUT2D eigenvalue weighted by Gasteiger charge is 2.21. The zero-order valence-corrected chi connectivity index (χ0v) is 11.7. The van der Waals surface area contributed by atoms with Crippen molar-refractivity contribution in [3.05, 3.63) is 35.4 Å². The lowest BCUT2D eigenvalue weighted by Gasteiger charge is -2.28. The standard InChI is InChI=1S/C17H27N/c1-2-3-4-14-5-9-16(10-6-14)17-11-7-15(13-18)8-12-17/h7-8,11-12,14,16H,2-6,9-10,13,18H2,1H3. The Balaban J connectivity index is 1.84. The first-order valence-corrected chi connectivity index (χ1v) is 7.62. The van der Waals surface area contributed by atoms with E-state index in [0.29, 0.717) is 6.54 Å². The fourth-order valence-electron chi connectivity index (χ4n) is 3.20. The third-order valence-electron chi connectivity index (χ3n) is 4.50. The van der Waals surface area contributed by atoms with Gasteiger partial charge in [0.25, 0.3) is 0 Å². The van der Waals surface area contributed by atoms with Gasteiger partial charge in [0.1, 0.15) is 0 Å². The summed E-state index contributed by atoms with van der Waals surface area (Å²) in [5.41, 5.74) is 8.42. The summed E-state index contributed by atoms with van der Waals surface area (Å²) in [4.78, 5) is 0. The van der Waals surface area contributed by atoms with Crippen molar-refractivity contribution in [1.82, 2.24) is 0 Å². The van der Waals surface area contributed by atoms with Gasteiger partial charge in [-0.05, 0) is 48.6 Å². The van der Waals surface area contributed by atoms with Crippen molar-refractivity contribution in [2.24, 2.45) is 11.7 Å². The zero-order chi connectivity index (χ0) is 12.8. The van der Waals surface area contributed by atoms with Gasteiger partial charge in [-0.25, -0.2) is 0 Å². The average Bonchev–Trinajstić information content (AvgIpc) is 2.46. The monoisotopic (exact) mass is 245 g/mol. The maximum atomic E-state index is 5.64. The fourth-order valence-corrected chi connectivity index (χ4v) is 3.20. The van der Waals surface area contributed by atoms with Crippen LogP contribution in [0.15, 0.2) is 24.3 Å². The second kappa shape index (κ2) is 6.94. The van der Waals surface area contributed by atoms with Gasteiger partial charge in [-0.3, -0.25) is 0 Å². The zero-order valence-electron chi connectivity index (χ0n) is 11.7. The van der Waals surface area contributed by atoms with Crippen LogP contribution in [0.5, 0.6) is 0 Å². The number of hydrogen-bond acceptors (Lipinski definition) is 1. The van der Waals surface area contributed by atoms with Crippen LogP contribution >= 0.6 is 0 Å². The first kappa shape index (κ1) is 13.6. The van der Waals surface area contributed by atoms with Crippen LogP contribution in [0.3, 0.4) is 0 Å². The van der Waals surface area contributed by atoms with E-state index in [-0.39, 0.29) is 0 Å². The molecule has 0 amide bonds. The molecule has 0 atom stereocenters. The van der Waals surface area contributed by atoms with Crippen molar-refractivity contribution in [1.29, 1.82) is 0 Å². The molecule has 1 aliphatic carbocycles. The number of hydrogen-bond donors (Lipinski definition) is 1. The molecule has 2 N–H and O–H groups in total. The Labute approximate surface area is 112 Å². The van der Waals surface area contributed by atoms with Crippen molar-refractivity contribution < 1.29 is 0 Å². The molecule has 0 saturated heterocycles. The minimum absolute atomic E-state index is 0.657. The second-order valence-corrected chi connectivity index (χ2v) is 5.81. The Bertz CT molecular complexity index is 333. The Hall–Kier alpha value is -0.820. The van der Waals surface area contributed by atoms with Crippen molar-refractivity contribution >= 4 is 0 Å². The van der Waals surface area contributed by atoms with Gasteiger partial charge in [0.05, 0.1) is 0 Å². The van der Waals surface area contributed by atoms with Crippen molar-refractivity contribution in [3.63, 3.8) is 0 Å². The van der Waals surface area contributed by atoms with Crippen LogP contribution < -0.4 is 5.73 Å². The van der Waals surface area contributed by atoms with E-state index in [1.54, 1.807) is 0 Å². The normalized spacial score (nSPS) is 24.1. The van der Waals surface area contributed by atoms with Crippen LogP contribution in [-0.4, -0.2) is 0 Å². The Morgan fingerprint density at radius 1 is 1.06 bits per heavy atom. The molecule has 0 radical (unpaired) electrons. The Kier molecular flexibility index (Phi) is 5.25. The third kappa shape index (κ3) is 3.58. The first-order valence-electron chi connectivity index (χ1n) is 7.62. The minimum Gasteiger partial charge on any atom is -0.326 e. The minimum atomic E-state index is 0.657. The fraction of sp³-hybridized carbons (Fsp3) is 0.647. The predicted molar refractivity (Wildman–Crippen MR) is 78.6 cm³/mol. The van der Waals surface area contributed by atoms with Crippen LogP contribution in [0, 0.1) is 5.92 Å². The number of unbranched alkanes of at least 4 members (excludes halogenated alkanes) is 1. The van der Waals surface area contributed by atoms with E-state index in [1.807, 2.05) is 0 Å². The molecule has 1 aliphatic rings. The van der Waals surface area contributed by atoms with Crippen LogP contribution in [0.2, 0.25) is 0 Å². The number of benzene rings is 1. The predicted octanol–water partition coefficient (Wildman–Crippen LogP) is 4.61. The molecular weight excluding hydrogens is 218 g/mol. The van der Waals surface area contributed by atoms with Gasteiger partial charge in [0.15, 0.2) is 0 Å². The maximum Gasteiger partial charge on any atom is 0.0178 e. The summed E-state index contributed by atoms with van der Waals surface area (Å²) in [6.07, 6.45) is 9.86. The Morgan fingerprint density at radius 3 is 2.28 bits per heavy atom. The molecule has 1 aromatic carbocycles. The summed E-state index contributed by atoms with van der Waals surface area (Å²) in [7, 11) is 0. The van der Waals surface area contributed by atoms with Crippen LogP contribution in [0.4, 0.5) is 0 Å². The van der Waals surface area contributed by atoms with E-state index in [0.717, 1.165) is 11.8 Å². The Morgan fingerprint density at radius 2 is 1.72 bits per heavy atom. The molecule has 0 aliphatic heterocycles. The van der Waals surface area contributed by atoms with Gasteiger partial charge in [-0.15, -0.1) is 0 Å². The van der Waals surface area contributed by atoms with E-state index in [1.165, 1.54) is 56.1 Å². The van der Waals surface area contributed by atoms with Crippen LogP contribution in [-0.2, 0) is 6.54 Å². The lowest BCUT2D eigenvalue weighted by molar-refractivity contribution is 0.304. The van der Waals surface area contributed by atoms with Gasteiger partial charge >= 0.3 is 0 Å². The largest absolute Gasteiger partial charge is 0.326 e. The smallest absolute Gasteiger partial charge is 0.0178 e. The molecule has 18 heavy (non-hydrogen) atoms. The average molecular weight is 245 g/mol. The molecule has 0 heterocycles.